The minimum atomic E-state index is -0.214. The van der Waals surface area contributed by atoms with Crippen LogP contribution in [0.4, 0.5) is 4.39 Å². The van der Waals surface area contributed by atoms with E-state index in [9.17, 15) is 4.39 Å². The Kier molecular flexibility index (Phi) is 9.16. The number of aliphatic imine (C=N–C) groups is 1. The lowest BCUT2D eigenvalue weighted by Crippen LogP contribution is -2.39. The molecule has 2 rings (SSSR count). The molecule has 0 radical (unpaired) electrons. The van der Waals surface area contributed by atoms with Crippen LogP contribution < -0.4 is 10.6 Å². The summed E-state index contributed by atoms with van der Waals surface area (Å²) in [6, 6.07) is 8.88. The largest absolute Gasteiger partial charge is 0.357 e. The number of nitrogens with one attached hydrogen (secondary N) is 2. The Morgan fingerprint density at radius 2 is 2.04 bits per heavy atom. The molecule has 1 aromatic heterocycles. The zero-order chi connectivity index (χ0) is 15.8. The van der Waals surface area contributed by atoms with E-state index in [1.165, 1.54) is 11.6 Å². The van der Waals surface area contributed by atoms with Crippen molar-refractivity contribution < 1.29 is 4.39 Å². The summed E-state index contributed by atoms with van der Waals surface area (Å²) in [7, 11) is 0. The summed E-state index contributed by atoms with van der Waals surface area (Å²) in [6.07, 6.45) is 0. The van der Waals surface area contributed by atoms with Gasteiger partial charge in [-0.15, -0.1) is 24.0 Å². The number of hydrogen-bond donors (Lipinski definition) is 2. The van der Waals surface area contributed by atoms with Gasteiger partial charge in [0, 0.05) is 18.7 Å². The summed E-state index contributed by atoms with van der Waals surface area (Å²) in [5.41, 5.74) is 1.92. The summed E-state index contributed by atoms with van der Waals surface area (Å²) in [4.78, 5) is 4.45. The number of thiophene rings is 1. The molecular formula is C17H23FIN3S. The molecule has 0 amide bonds. The number of guanidine groups is 1. The molecule has 1 atom stereocenters. The van der Waals surface area contributed by atoms with E-state index < -0.39 is 0 Å². The highest BCUT2D eigenvalue weighted by atomic mass is 127. The second kappa shape index (κ2) is 10.6. The zero-order valence-electron chi connectivity index (χ0n) is 13.4. The Morgan fingerprint density at radius 1 is 1.26 bits per heavy atom. The van der Waals surface area contributed by atoms with E-state index in [-0.39, 0.29) is 29.8 Å². The highest BCUT2D eigenvalue weighted by Gasteiger charge is 2.07. The molecule has 3 nitrogen and oxygen atoms in total. The Bertz CT molecular complexity index is 602. The van der Waals surface area contributed by atoms with Crippen LogP contribution in [0.15, 0.2) is 46.1 Å². The number of hydrogen-bond acceptors (Lipinski definition) is 2. The number of nitrogens with zero attached hydrogens (tertiary/aromatic N) is 1. The van der Waals surface area contributed by atoms with Crippen molar-refractivity contribution in [2.45, 2.75) is 26.3 Å². The van der Waals surface area contributed by atoms with Crippen molar-refractivity contribution in [2.75, 3.05) is 13.1 Å². The van der Waals surface area contributed by atoms with Crippen LogP contribution in [0.25, 0.3) is 0 Å². The first-order chi connectivity index (χ1) is 10.7. The van der Waals surface area contributed by atoms with Gasteiger partial charge in [0.15, 0.2) is 5.96 Å². The molecule has 0 fully saturated rings. The topological polar surface area (TPSA) is 36.4 Å². The molecule has 0 aliphatic carbocycles. The van der Waals surface area contributed by atoms with Crippen molar-refractivity contribution in [3.05, 3.63) is 58.0 Å². The minimum absolute atomic E-state index is 0. The molecule has 0 spiro atoms. The van der Waals surface area contributed by atoms with Crippen molar-refractivity contribution in [3.63, 3.8) is 0 Å². The van der Waals surface area contributed by atoms with Gasteiger partial charge in [-0.05, 0) is 41.3 Å². The van der Waals surface area contributed by atoms with Crippen LogP contribution in [-0.2, 0) is 6.54 Å². The lowest BCUT2D eigenvalue weighted by Gasteiger charge is -2.15. The first-order valence-corrected chi connectivity index (χ1v) is 8.42. The van der Waals surface area contributed by atoms with Gasteiger partial charge < -0.3 is 10.6 Å². The maximum atomic E-state index is 13.6. The van der Waals surface area contributed by atoms with Crippen molar-refractivity contribution in [2.24, 2.45) is 4.99 Å². The molecule has 0 saturated heterocycles. The van der Waals surface area contributed by atoms with Crippen LogP contribution in [-0.4, -0.2) is 19.0 Å². The molecule has 2 N–H and O–H groups in total. The van der Waals surface area contributed by atoms with E-state index in [0.717, 1.165) is 13.1 Å². The van der Waals surface area contributed by atoms with Gasteiger partial charge in [0.2, 0.25) is 0 Å². The molecule has 1 heterocycles. The van der Waals surface area contributed by atoms with Gasteiger partial charge in [-0.25, -0.2) is 9.38 Å². The van der Waals surface area contributed by atoms with E-state index in [2.05, 4.69) is 39.4 Å². The van der Waals surface area contributed by atoms with Gasteiger partial charge in [-0.3, -0.25) is 0 Å². The molecule has 0 aliphatic rings. The quantitative estimate of drug-likeness (QED) is 0.392. The second-order valence-corrected chi connectivity index (χ2v) is 5.91. The third-order valence-electron chi connectivity index (χ3n) is 3.40. The van der Waals surface area contributed by atoms with Gasteiger partial charge >= 0.3 is 0 Å². The maximum Gasteiger partial charge on any atom is 0.191 e. The lowest BCUT2D eigenvalue weighted by atomic mass is 10.1. The minimum Gasteiger partial charge on any atom is -0.357 e. The fourth-order valence-electron chi connectivity index (χ4n) is 2.06. The molecule has 0 saturated carbocycles. The van der Waals surface area contributed by atoms with Crippen molar-refractivity contribution in [1.82, 2.24) is 10.6 Å². The SMILES string of the molecule is CCNC(=NCc1ccccc1F)NCC(C)c1ccsc1.I. The monoisotopic (exact) mass is 447 g/mol. The van der Waals surface area contributed by atoms with Crippen LogP contribution >= 0.6 is 35.3 Å². The third kappa shape index (κ3) is 6.47. The molecule has 1 unspecified atom stereocenters. The molecule has 6 heteroatoms. The van der Waals surface area contributed by atoms with E-state index in [0.29, 0.717) is 24.0 Å². The summed E-state index contributed by atoms with van der Waals surface area (Å²) in [5.74, 6) is 0.908. The molecule has 2 aromatic rings. The standard InChI is InChI=1S/C17H22FN3S.HI/c1-3-19-17(20-10-13(2)15-8-9-22-12-15)21-11-14-6-4-5-7-16(14)18;/h4-9,12-13H,3,10-11H2,1-2H3,(H2,19,20,21);1H. The third-order valence-corrected chi connectivity index (χ3v) is 4.10. The molecule has 0 aliphatic heterocycles. The molecule has 126 valence electrons. The second-order valence-electron chi connectivity index (χ2n) is 5.13. The van der Waals surface area contributed by atoms with Gasteiger partial charge in [0.25, 0.3) is 0 Å². The number of rotatable bonds is 6. The van der Waals surface area contributed by atoms with E-state index in [4.69, 9.17) is 0 Å². The van der Waals surface area contributed by atoms with Crippen molar-refractivity contribution in [3.8, 4) is 0 Å². The fourth-order valence-corrected chi connectivity index (χ4v) is 2.84. The smallest absolute Gasteiger partial charge is 0.191 e. The summed E-state index contributed by atoms with van der Waals surface area (Å²) < 4.78 is 13.6. The molecular weight excluding hydrogens is 424 g/mol. The summed E-state index contributed by atoms with van der Waals surface area (Å²) in [5, 5.41) is 10.8. The van der Waals surface area contributed by atoms with Crippen LogP contribution in [0.1, 0.15) is 30.9 Å². The molecule has 1 aromatic carbocycles. The van der Waals surface area contributed by atoms with E-state index >= 15 is 0 Å². The highest BCUT2D eigenvalue weighted by Crippen LogP contribution is 2.17. The van der Waals surface area contributed by atoms with Crippen LogP contribution in [0.5, 0.6) is 0 Å². The van der Waals surface area contributed by atoms with Gasteiger partial charge in [-0.1, -0.05) is 25.1 Å². The fraction of sp³-hybridized carbons (Fsp3) is 0.353. The van der Waals surface area contributed by atoms with Crippen LogP contribution in [0, 0.1) is 5.82 Å². The first-order valence-electron chi connectivity index (χ1n) is 7.48. The Hall–Kier alpha value is -1.15. The Labute approximate surface area is 158 Å². The summed E-state index contributed by atoms with van der Waals surface area (Å²) >= 11 is 1.71. The number of halogens is 2. The average molecular weight is 447 g/mol. The Morgan fingerprint density at radius 3 is 2.70 bits per heavy atom. The van der Waals surface area contributed by atoms with Crippen molar-refractivity contribution >= 4 is 41.3 Å². The predicted molar refractivity (Wildman–Crippen MR) is 107 cm³/mol. The Balaban J connectivity index is 0.00000264. The number of benzene rings is 1. The van der Waals surface area contributed by atoms with Crippen LogP contribution in [0.3, 0.4) is 0 Å². The van der Waals surface area contributed by atoms with E-state index in [1.54, 1.807) is 23.5 Å². The molecule has 0 bridgehead atoms. The summed E-state index contributed by atoms with van der Waals surface area (Å²) in [6.45, 7) is 6.09. The zero-order valence-corrected chi connectivity index (χ0v) is 16.5. The van der Waals surface area contributed by atoms with Crippen molar-refractivity contribution in [1.29, 1.82) is 0 Å². The van der Waals surface area contributed by atoms with Gasteiger partial charge in [0.1, 0.15) is 5.82 Å². The average Bonchev–Trinajstić information content (AvgIpc) is 3.05. The van der Waals surface area contributed by atoms with Gasteiger partial charge in [-0.2, -0.15) is 11.3 Å². The van der Waals surface area contributed by atoms with Crippen LogP contribution in [0.2, 0.25) is 0 Å². The first kappa shape index (κ1) is 19.9. The molecule has 23 heavy (non-hydrogen) atoms. The van der Waals surface area contributed by atoms with E-state index in [1.807, 2.05) is 13.0 Å². The highest BCUT2D eigenvalue weighted by molar-refractivity contribution is 14.0. The lowest BCUT2D eigenvalue weighted by molar-refractivity contribution is 0.610. The normalized spacial score (nSPS) is 12.4. The predicted octanol–water partition coefficient (Wildman–Crippen LogP) is 4.36. The maximum absolute atomic E-state index is 13.6. The van der Waals surface area contributed by atoms with Gasteiger partial charge in [0.05, 0.1) is 6.54 Å².